The standard InChI is InChI=1S/C11H24N4O3/c1-6(2)5-8(10(17)18)14-11(13)15(4)9(16)7(3)12/h6-8,11,14H,5,12-13H2,1-4H3,(H,17,18)/t7?,8-,11-/m1/s1. The van der Waals surface area contributed by atoms with Crippen LogP contribution in [0.1, 0.15) is 27.2 Å². The zero-order chi connectivity index (χ0) is 14.5. The van der Waals surface area contributed by atoms with E-state index in [1.165, 1.54) is 11.9 Å². The molecule has 0 heterocycles. The second-order valence-corrected chi connectivity index (χ2v) is 4.87. The molecule has 0 bridgehead atoms. The lowest BCUT2D eigenvalue weighted by atomic mass is 10.0. The van der Waals surface area contributed by atoms with Gasteiger partial charge in [0.1, 0.15) is 12.3 Å². The van der Waals surface area contributed by atoms with Crippen LogP contribution >= 0.6 is 0 Å². The predicted molar refractivity (Wildman–Crippen MR) is 68.4 cm³/mol. The van der Waals surface area contributed by atoms with Crippen molar-refractivity contribution in [3.05, 3.63) is 0 Å². The van der Waals surface area contributed by atoms with Crippen molar-refractivity contribution >= 4 is 11.9 Å². The molecule has 3 atom stereocenters. The SMILES string of the molecule is CC(C)C[C@@H](N[C@@H](N)N(C)C(=O)C(C)N)C(=O)O. The van der Waals surface area contributed by atoms with E-state index in [0.717, 1.165) is 0 Å². The number of carbonyl (C=O) groups excluding carboxylic acids is 1. The second kappa shape index (κ2) is 7.30. The van der Waals surface area contributed by atoms with Gasteiger partial charge >= 0.3 is 5.97 Å². The Labute approximate surface area is 107 Å². The highest BCUT2D eigenvalue weighted by atomic mass is 16.4. The molecule has 0 saturated carbocycles. The van der Waals surface area contributed by atoms with Crippen LogP contribution in [0, 0.1) is 5.92 Å². The van der Waals surface area contributed by atoms with Crippen LogP contribution in [-0.4, -0.2) is 47.3 Å². The van der Waals surface area contributed by atoms with Crippen molar-refractivity contribution < 1.29 is 14.7 Å². The molecule has 7 heteroatoms. The van der Waals surface area contributed by atoms with Gasteiger partial charge in [-0.2, -0.15) is 0 Å². The first-order valence-electron chi connectivity index (χ1n) is 5.93. The number of rotatable bonds is 7. The summed E-state index contributed by atoms with van der Waals surface area (Å²) in [5.41, 5.74) is 11.2. The molecule has 0 aromatic heterocycles. The number of nitrogens with one attached hydrogen (secondary N) is 1. The third-order valence-corrected chi connectivity index (χ3v) is 2.53. The van der Waals surface area contributed by atoms with Gasteiger partial charge in [0.05, 0.1) is 6.04 Å². The third-order valence-electron chi connectivity index (χ3n) is 2.53. The van der Waals surface area contributed by atoms with Crippen LogP contribution in [0.2, 0.25) is 0 Å². The first-order chi connectivity index (χ1) is 8.16. The first-order valence-corrected chi connectivity index (χ1v) is 5.93. The lowest BCUT2D eigenvalue weighted by Gasteiger charge is -2.29. The molecule has 0 rings (SSSR count). The van der Waals surface area contributed by atoms with Gasteiger partial charge in [0, 0.05) is 7.05 Å². The zero-order valence-electron chi connectivity index (χ0n) is 11.4. The van der Waals surface area contributed by atoms with Crippen LogP contribution in [0.3, 0.4) is 0 Å². The Hall–Kier alpha value is -1.18. The molecule has 0 aliphatic rings. The molecule has 0 spiro atoms. The summed E-state index contributed by atoms with van der Waals surface area (Å²) in [6.45, 7) is 5.38. The first kappa shape index (κ1) is 16.8. The van der Waals surface area contributed by atoms with Crippen molar-refractivity contribution in [3.8, 4) is 0 Å². The molecule has 0 aliphatic heterocycles. The van der Waals surface area contributed by atoms with Gasteiger partial charge in [-0.25, -0.2) is 0 Å². The monoisotopic (exact) mass is 260 g/mol. The van der Waals surface area contributed by atoms with Gasteiger partial charge in [-0.1, -0.05) is 13.8 Å². The van der Waals surface area contributed by atoms with Crippen molar-refractivity contribution in [1.29, 1.82) is 0 Å². The number of nitrogens with two attached hydrogens (primary N) is 2. The van der Waals surface area contributed by atoms with E-state index in [4.69, 9.17) is 16.6 Å². The van der Waals surface area contributed by atoms with E-state index < -0.39 is 24.3 Å². The van der Waals surface area contributed by atoms with Crippen LogP contribution in [0.4, 0.5) is 0 Å². The molecule has 18 heavy (non-hydrogen) atoms. The Kier molecular flexibility index (Phi) is 6.82. The highest BCUT2D eigenvalue weighted by Crippen LogP contribution is 2.06. The minimum absolute atomic E-state index is 0.209. The van der Waals surface area contributed by atoms with Gasteiger partial charge in [-0.3, -0.25) is 20.6 Å². The zero-order valence-corrected chi connectivity index (χ0v) is 11.4. The van der Waals surface area contributed by atoms with Gasteiger partial charge in [-0.05, 0) is 19.3 Å². The van der Waals surface area contributed by atoms with Crippen molar-refractivity contribution in [2.45, 2.75) is 45.6 Å². The summed E-state index contributed by atoms with van der Waals surface area (Å²) in [5, 5.41) is 11.8. The molecule has 0 radical (unpaired) electrons. The van der Waals surface area contributed by atoms with Crippen molar-refractivity contribution in [2.24, 2.45) is 17.4 Å². The summed E-state index contributed by atoms with van der Waals surface area (Å²) in [4.78, 5) is 23.9. The molecule has 0 aromatic rings. The summed E-state index contributed by atoms with van der Waals surface area (Å²) >= 11 is 0. The molecule has 7 nitrogen and oxygen atoms in total. The molecular weight excluding hydrogens is 236 g/mol. The minimum atomic E-state index is -0.985. The molecule has 106 valence electrons. The molecule has 1 unspecified atom stereocenters. The topological polar surface area (TPSA) is 122 Å². The van der Waals surface area contributed by atoms with Crippen molar-refractivity contribution in [2.75, 3.05) is 7.05 Å². The summed E-state index contributed by atoms with van der Waals surface area (Å²) < 4.78 is 0. The van der Waals surface area contributed by atoms with Crippen LogP contribution in [0.5, 0.6) is 0 Å². The molecular formula is C11H24N4O3. The van der Waals surface area contributed by atoms with Gasteiger partial charge in [0.2, 0.25) is 5.91 Å². The number of likely N-dealkylation sites (N-methyl/N-ethyl adjacent to an activating group) is 1. The van der Waals surface area contributed by atoms with Crippen LogP contribution in [0.25, 0.3) is 0 Å². The maximum Gasteiger partial charge on any atom is 0.320 e. The van der Waals surface area contributed by atoms with E-state index in [-0.39, 0.29) is 11.8 Å². The Bertz CT molecular complexity index is 294. The number of carbonyl (C=O) groups is 2. The number of amides is 1. The van der Waals surface area contributed by atoms with Gasteiger partial charge in [0.25, 0.3) is 0 Å². The molecule has 6 N–H and O–H groups in total. The van der Waals surface area contributed by atoms with E-state index in [9.17, 15) is 9.59 Å². The minimum Gasteiger partial charge on any atom is -0.480 e. The number of hydrogen-bond acceptors (Lipinski definition) is 5. The quantitative estimate of drug-likeness (QED) is 0.441. The van der Waals surface area contributed by atoms with Gasteiger partial charge in [0.15, 0.2) is 0 Å². The van der Waals surface area contributed by atoms with E-state index >= 15 is 0 Å². The highest BCUT2D eigenvalue weighted by Gasteiger charge is 2.25. The highest BCUT2D eigenvalue weighted by molar-refractivity contribution is 5.81. The number of aliphatic carboxylic acids is 1. The molecule has 0 aromatic carbocycles. The number of carboxylic acid groups (broad SMARTS) is 1. The Morgan fingerprint density at radius 1 is 1.28 bits per heavy atom. The maximum atomic E-state index is 11.6. The lowest BCUT2D eigenvalue weighted by molar-refractivity contribution is -0.142. The summed E-state index contributed by atoms with van der Waals surface area (Å²) in [7, 11) is 1.48. The molecule has 0 saturated heterocycles. The summed E-state index contributed by atoms with van der Waals surface area (Å²) in [5.74, 6) is -1.12. The van der Waals surface area contributed by atoms with Crippen LogP contribution < -0.4 is 16.8 Å². The predicted octanol–water partition coefficient (Wildman–Crippen LogP) is -0.877. The van der Waals surface area contributed by atoms with Crippen molar-refractivity contribution in [1.82, 2.24) is 10.2 Å². The lowest BCUT2D eigenvalue weighted by Crippen LogP contribution is -2.59. The van der Waals surface area contributed by atoms with Crippen LogP contribution in [-0.2, 0) is 9.59 Å². The van der Waals surface area contributed by atoms with Gasteiger partial charge < -0.3 is 15.7 Å². The normalized spacial score (nSPS) is 16.2. The number of carboxylic acids is 1. The maximum absolute atomic E-state index is 11.6. The fraction of sp³-hybridized carbons (Fsp3) is 0.818. The fourth-order valence-corrected chi connectivity index (χ4v) is 1.49. The fourth-order valence-electron chi connectivity index (χ4n) is 1.49. The summed E-state index contributed by atoms with van der Waals surface area (Å²) in [6.07, 6.45) is -0.438. The molecule has 1 amide bonds. The van der Waals surface area contributed by atoms with Crippen LogP contribution in [0.15, 0.2) is 0 Å². The smallest absolute Gasteiger partial charge is 0.320 e. The molecule has 0 aliphatic carbocycles. The number of hydrogen-bond donors (Lipinski definition) is 4. The van der Waals surface area contributed by atoms with E-state index in [1.54, 1.807) is 6.92 Å². The average Bonchev–Trinajstić information content (AvgIpc) is 2.24. The third kappa shape index (κ3) is 5.44. The summed E-state index contributed by atoms with van der Waals surface area (Å²) in [6, 6.07) is -1.46. The van der Waals surface area contributed by atoms with E-state index in [2.05, 4.69) is 5.32 Å². The average molecular weight is 260 g/mol. The largest absolute Gasteiger partial charge is 0.480 e. The van der Waals surface area contributed by atoms with E-state index in [1.807, 2.05) is 13.8 Å². The van der Waals surface area contributed by atoms with E-state index in [0.29, 0.717) is 6.42 Å². The van der Waals surface area contributed by atoms with Gasteiger partial charge in [-0.15, -0.1) is 0 Å². The second-order valence-electron chi connectivity index (χ2n) is 4.87. The number of nitrogens with zero attached hydrogens (tertiary/aromatic N) is 1. The van der Waals surface area contributed by atoms with Crippen molar-refractivity contribution in [3.63, 3.8) is 0 Å². The Balaban J connectivity index is 4.54. The Morgan fingerprint density at radius 3 is 2.11 bits per heavy atom. The molecule has 0 fully saturated rings. The Morgan fingerprint density at radius 2 is 1.78 bits per heavy atom.